The second kappa shape index (κ2) is 13.5. The quantitative estimate of drug-likeness (QED) is 0.264. The van der Waals surface area contributed by atoms with Gasteiger partial charge >= 0.3 is 5.97 Å². The summed E-state index contributed by atoms with van der Waals surface area (Å²) in [6.45, 7) is 4.62. The van der Waals surface area contributed by atoms with Gasteiger partial charge in [0.1, 0.15) is 24.8 Å². The summed E-state index contributed by atoms with van der Waals surface area (Å²) in [5, 5.41) is 20.9. The number of hydrogen-bond donors (Lipinski definition) is 4. The number of carbonyl (C=O) groups is 3. The molecule has 0 bridgehead atoms. The van der Waals surface area contributed by atoms with Crippen molar-refractivity contribution in [1.82, 2.24) is 14.8 Å². The summed E-state index contributed by atoms with van der Waals surface area (Å²) in [5.74, 6) is -3.73. The lowest BCUT2D eigenvalue weighted by Gasteiger charge is -2.41. The zero-order valence-electron chi connectivity index (χ0n) is 23.3. The number of aliphatic hydroxyl groups excluding tert-OH is 1. The van der Waals surface area contributed by atoms with E-state index in [1.165, 1.54) is 4.90 Å². The Bertz CT molecular complexity index is 1370. The first-order chi connectivity index (χ1) is 19.3. The topological polar surface area (TPSA) is 138 Å². The highest BCUT2D eigenvalue weighted by Gasteiger charge is 2.37. The normalized spacial score (nSPS) is 13.0. The molecule has 3 rings (SSSR count). The molecule has 2 amide bonds. The van der Waals surface area contributed by atoms with Gasteiger partial charge in [-0.2, -0.15) is 0 Å². The van der Waals surface area contributed by atoms with Crippen LogP contribution < -0.4 is 11.1 Å². The Morgan fingerprint density at radius 1 is 1.07 bits per heavy atom. The fraction of sp³-hybridized carbons (Fsp3) is 0.367. The Hall–Kier alpha value is -4.09. The molecule has 220 valence electrons. The van der Waals surface area contributed by atoms with E-state index in [1.807, 2.05) is 55.7 Å². The molecule has 0 radical (unpaired) electrons. The van der Waals surface area contributed by atoms with Gasteiger partial charge in [0.25, 0.3) is 0 Å². The van der Waals surface area contributed by atoms with E-state index in [9.17, 15) is 28.3 Å². The van der Waals surface area contributed by atoms with Crippen LogP contribution in [0.2, 0.25) is 0 Å². The highest BCUT2D eigenvalue weighted by molar-refractivity contribution is 5.85. The largest absolute Gasteiger partial charge is 0.480 e. The summed E-state index contributed by atoms with van der Waals surface area (Å²) in [4.78, 5) is 37.7. The molecule has 9 nitrogen and oxygen atoms in total. The zero-order chi connectivity index (χ0) is 30.3. The highest BCUT2D eigenvalue weighted by atomic mass is 19.1. The minimum Gasteiger partial charge on any atom is -0.480 e. The smallest absolute Gasteiger partial charge is 0.322 e. The number of hydrogen-bond acceptors (Lipinski definition) is 5. The molecule has 0 aliphatic rings. The highest BCUT2D eigenvalue weighted by Crippen LogP contribution is 2.41. The maximum absolute atomic E-state index is 14.8. The van der Waals surface area contributed by atoms with Crippen LogP contribution in [0, 0.1) is 17.0 Å². The number of aliphatic carboxylic acids is 1. The number of carboxylic acid groups (broad SMARTS) is 1. The van der Waals surface area contributed by atoms with Gasteiger partial charge in [-0.3, -0.25) is 14.4 Å². The van der Waals surface area contributed by atoms with Crippen LogP contribution in [-0.2, 0) is 20.9 Å². The van der Waals surface area contributed by atoms with E-state index >= 15 is 0 Å². The summed E-state index contributed by atoms with van der Waals surface area (Å²) < 4.78 is 30.8. The van der Waals surface area contributed by atoms with Crippen molar-refractivity contribution < 1.29 is 33.4 Å². The van der Waals surface area contributed by atoms with E-state index in [-0.39, 0.29) is 18.5 Å². The third-order valence-corrected chi connectivity index (χ3v) is 6.66. The van der Waals surface area contributed by atoms with Crippen LogP contribution in [0.4, 0.5) is 8.78 Å². The molecule has 2 aromatic carbocycles. The number of nitrogens with one attached hydrogen (secondary N) is 1. The number of benzene rings is 2. The van der Waals surface area contributed by atoms with E-state index in [2.05, 4.69) is 5.32 Å². The molecule has 0 saturated heterocycles. The fourth-order valence-electron chi connectivity index (χ4n) is 4.80. The number of nitrogens with two attached hydrogens (primary N) is 1. The number of amides is 2. The van der Waals surface area contributed by atoms with Gasteiger partial charge in [0.15, 0.2) is 0 Å². The molecule has 3 aromatic rings. The lowest BCUT2D eigenvalue weighted by atomic mass is 9.82. The summed E-state index contributed by atoms with van der Waals surface area (Å²) in [5.41, 5.74) is 7.36. The Kier molecular flexibility index (Phi) is 10.4. The van der Waals surface area contributed by atoms with Crippen molar-refractivity contribution in [3.8, 4) is 11.1 Å². The van der Waals surface area contributed by atoms with Gasteiger partial charge in [-0.15, -0.1) is 0 Å². The number of nitrogens with zero attached hydrogens (tertiary/aromatic N) is 2. The Morgan fingerprint density at radius 3 is 2.37 bits per heavy atom. The van der Waals surface area contributed by atoms with E-state index in [1.54, 1.807) is 12.3 Å². The SMILES string of the molecule is CC(C)(C)[C@H](c1cc(-c2cc(F)ccc2F)cn1Cc1ccccc1)N(CC[C@H](N)C(=O)NCC(=O)O)C(=O)CO. The zero-order valence-corrected chi connectivity index (χ0v) is 23.3. The molecule has 0 spiro atoms. The Balaban J connectivity index is 2.08. The van der Waals surface area contributed by atoms with Crippen LogP contribution in [0.5, 0.6) is 0 Å². The standard InChI is InChI=1S/C30H36F2N4O5/c1-30(2,3)28(36(26(38)18-37)12-11-24(33)29(41)34-15-27(39)40)25-13-20(22-14-21(31)9-10-23(22)32)17-35(25)16-19-7-5-4-6-8-19/h4-10,13-14,17,24,28,37H,11-12,15-16,18,33H2,1-3H3,(H,34,41)(H,39,40)/t24-,28-/m0/s1. The predicted octanol–water partition coefficient (Wildman–Crippen LogP) is 3.31. The molecule has 0 saturated carbocycles. The average molecular weight is 571 g/mol. The van der Waals surface area contributed by atoms with E-state index in [0.717, 1.165) is 23.8 Å². The second-order valence-corrected chi connectivity index (χ2v) is 10.9. The number of aromatic nitrogens is 1. The van der Waals surface area contributed by atoms with Gasteiger partial charge in [-0.05, 0) is 41.7 Å². The van der Waals surface area contributed by atoms with Crippen LogP contribution in [0.3, 0.4) is 0 Å². The summed E-state index contributed by atoms with van der Waals surface area (Å²) in [6, 6.07) is 12.6. The van der Waals surface area contributed by atoms with Crippen molar-refractivity contribution in [2.45, 2.75) is 45.8 Å². The van der Waals surface area contributed by atoms with E-state index in [0.29, 0.717) is 17.8 Å². The molecule has 0 fully saturated rings. The summed E-state index contributed by atoms with van der Waals surface area (Å²) >= 11 is 0. The van der Waals surface area contributed by atoms with Gasteiger partial charge < -0.3 is 30.7 Å². The Morgan fingerprint density at radius 2 is 1.76 bits per heavy atom. The number of carbonyl (C=O) groups excluding carboxylic acids is 2. The fourth-order valence-corrected chi connectivity index (χ4v) is 4.80. The average Bonchev–Trinajstić information content (AvgIpc) is 3.32. The third-order valence-electron chi connectivity index (χ3n) is 6.66. The monoisotopic (exact) mass is 570 g/mol. The van der Waals surface area contributed by atoms with Gasteiger partial charge in [0, 0.05) is 36.1 Å². The van der Waals surface area contributed by atoms with Crippen molar-refractivity contribution in [1.29, 1.82) is 0 Å². The van der Waals surface area contributed by atoms with Crippen molar-refractivity contribution in [3.63, 3.8) is 0 Å². The van der Waals surface area contributed by atoms with Crippen LogP contribution in [-0.4, -0.2) is 63.2 Å². The van der Waals surface area contributed by atoms with Crippen LogP contribution >= 0.6 is 0 Å². The molecule has 11 heteroatoms. The van der Waals surface area contributed by atoms with Crippen LogP contribution in [0.15, 0.2) is 60.8 Å². The van der Waals surface area contributed by atoms with Crippen LogP contribution in [0.1, 0.15) is 44.5 Å². The van der Waals surface area contributed by atoms with Crippen molar-refractivity contribution in [2.75, 3.05) is 19.7 Å². The number of halogens is 2. The first-order valence-electron chi connectivity index (χ1n) is 13.2. The molecule has 1 heterocycles. The lowest BCUT2D eigenvalue weighted by molar-refractivity contribution is -0.140. The first-order valence-corrected chi connectivity index (χ1v) is 13.2. The molecular weight excluding hydrogens is 534 g/mol. The summed E-state index contributed by atoms with van der Waals surface area (Å²) in [6.07, 6.45) is 1.68. The number of carboxylic acids is 1. The van der Waals surface area contributed by atoms with Gasteiger partial charge in [-0.1, -0.05) is 51.1 Å². The number of rotatable bonds is 12. The molecular formula is C30H36F2N4O5. The molecule has 5 N–H and O–H groups in total. The van der Waals surface area contributed by atoms with E-state index in [4.69, 9.17) is 10.8 Å². The van der Waals surface area contributed by atoms with Gasteiger partial charge in [0.2, 0.25) is 11.8 Å². The molecule has 0 unspecified atom stereocenters. The lowest BCUT2D eigenvalue weighted by Crippen LogP contribution is -2.48. The maximum atomic E-state index is 14.8. The van der Waals surface area contributed by atoms with Crippen LogP contribution in [0.25, 0.3) is 11.1 Å². The van der Waals surface area contributed by atoms with Crippen molar-refractivity contribution >= 4 is 17.8 Å². The predicted molar refractivity (Wildman–Crippen MR) is 150 cm³/mol. The second-order valence-electron chi connectivity index (χ2n) is 10.9. The summed E-state index contributed by atoms with van der Waals surface area (Å²) in [7, 11) is 0. The molecule has 2 atom stereocenters. The molecule has 1 aromatic heterocycles. The maximum Gasteiger partial charge on any atom is 0.322 e. The third kappa shape index (κ3) is 8.21. The molecule has 0 aliphatic heterocycles. The number of aliphatic hydroxyl groups is 1. The van der Waals surface area contributed by atoms with E-state index < -0.39 is 60.1 Å². The minimum atomic E-state index is -1.22. The molecule has 0 aliphatic carbocycles. The minimum absolute atomic E-state index is 0.0193. The van der Waals surface area contributed by atoms with Crippen molar-refractivity contribution in [3.05, 3.63) is 83.7 Å². The van der Waals surface area contributed by atoms with Crippen molar-refractivity contribution in [2.24, 2.45) is 11.1 Å². The van der Waals surface area contributed by atoms with Gasteiger partial charge in [0.05, 0.1) is 12.1 Å². The Labute approximate surface area is 237 Å². The van der Waals surface area contributed by atoms with Gasteiger partial charge in [-0.25, -0.2) is 8.78 Å². The molecule has 41 heavy (non-hydrogen) atoms. The first kappa shape index (κ1) is 31.4.